The molecule has 2 atom stereocenters. The number of carbonyl (C=O) groups is 2. The van der Waals surface area contributed by atoms with Crippen LogP contribution in [0, 0.1) is 5.92 Å². The second-order valence-electron chi connectivity index (χ2n) is 4.53. The highest BCUT2D eigenvalue weighted by Gasteiger charge is 2.21. The van der Waals surface area contributed by atoms with Crippen molar-refractivity contribution < 1.29 is 14.7 Å². The number of carboxylic acids is 1. The third kappa shape index (κ3) is 3.81. The summed E-state index contributed by atoms with van der Waals surface area (Å²) in [5.41, 5.74) is 0. The molecule has 1 aliphatic rings. The van der Waals surface area contributed by atoms with Crippen molar-refractivity contribution in [2.24, 2.45) is 5.92 Å². The maximum absolute atomic E-state index is 11.7. The Bertz CT molecular complexity index is 268. The molecule has 1 aliphatic heterocycles. The summed E-state index contributed by atoms with van der Waals surface area (Å²) in [7, 11) is 0. The Morgan fingerprint density at radius 2 is 2.25 bits per heavy atom. The summed E-state index contributed by atoms with van der Waals surface area (Å²) in [4.78, 5) is 24.1. The quantitative estimate of drug-likeness (QED) is 0.726. The summed E-state index contributed by atoms with van der Waals surface area (Å²) in [6.07, 6.45) is 2.21. The zero-order valence-corrected chi connectivity index (χ0v) is 9.90. The SMILES string of the molecule is CC1CCCN(C(=O)CN[C@H](C)C(=O)O)C1. The van der Waals surface area contributed by atoms with Crippen LogP contribution in [0.5, 0.6) is 0 Å². The molecule has 1 fully saturated rings. The van der Waals surface area contributed by atoms with Crippen molar-refractivity contribution in [1.82, 2.24) is 10.2 Å². The van der Waals surface area contributed by atoms with Crippen LogP contribution in [0.25, 0.3) is 0 Å². The zero-order chi connectivity index (χ0) is 12.1. The molecule has 0 saturated carbocycles. The lowest BCUT2D eigenvalue weighted by atomic mass is 10.0. The van der Waals surface area contributed by atoms with Gasteiger partial charge in [-0.2, -0.15) is 0 Å². The van der Waals surface area contributed by atoms with Gasteiger partial charge in [0.05, 0.1) is 6.54 Å². The van der Waals surface area contributed by atoms with Crippen LogP contribution in [0.1, 0.15) is 26.7 Å². The highest BCUT2D eigenvalue weighted by Crippen LogP contribution is 2.15. The number of hydrogen-bond acceptors (Lipinski definition) is 3. The minimum Gasteiger partial charge on any atom is -0.480 e. The fraction of sp³-hybridized carbons (Fsp3) is 0.818. The molecule has 1 heterocycles. The summed E-state index contributed by atoms with van der Waals surface area (Å²) in [5.74, 6) is -0.381. The Hall–Kier alpha value is -1.10. The van der Waals surface area contributed by atoms with Gasteiger partial charge in [0, 0.05) is 13.1 Å². The molecule has 0 aliphatic carbocycles. The lowest BCUT2D eigenvalue weighted by molar-refractivity contribution is -0.139. The Labute approximate surface area is 95.8 Å². The van der Waals surface area contributed by atoms with Gasteiger partial charge in [-0.3, -0.25) is 14.9 Å². The molecule has 1 unspecified atom stereocenters. The Balaban J connectivity index is 2.31. The van der Waals surface area contributed by atoms with E-state index in [-0.39, 0.29) is 12.5 Å². The molecule has 0 bridgehead atoms. The van der Waals surface area contributed by atoms with E-state index < -0.39 is 12.0 Å². The van der Waals surface area contributed by atoms with Crippen molar-refractivity contribution in [1.29, 1.82) is 0 Å². The first kappa shape index (κ1) is 13.0. The number of aliphatic carboxylic acids is 1. The van der Waals surface area contributed by atoms with Crippen LogP contribution < -0.4 is 5.32 Å². The van der Waals surface area contributed by atoms with Crippen molar-refractivity contribution in [2.45, 2.75) is 32.7 Å². The van der Waals surface area contributed by atoms with Crippen LogP contribution in [0.15, 0.2) is 0 Å². The molecule has 5 nitrogen and oxygen atoms in total. The number of piperidine rings is 1. The first-order chi connectivity index (χ1) is 7.50. The molecule has 0 aromatic heterocycles. The molecule has 5 heteroatoms. The summed E-state index contributed by atoms with van der Waals surface area (Å²) < 4.78 is 0. The first-order valence-corrected chi connectivity index (χ1v) is 5.74. The highest BCUT2D eigenvalue weighted by molar-refractivity contribution is 5.80. The molecule has 0 aromatic rings. The maximum atomic E-state index is 11.7. The lowest BCUT2D eigenvalue weighted by Crippen LogP contribution is -2.46. The zero-order valence-electron chi connectivity index (χ0n) is 9.90. The summed E-state index contributed by atoms with van der Waals surface area (Å²) >= 11 is 0. The van der Waals surface area contributed by atoms with Gasteiger partial charge < -0.3 is 10.0 Å². The van der Waals surface area contributed by atoms with Crippen molar-refractivity contribution in [2.75, 3.05) is 19.6 Å². The van der Waals surface area contributed by atoms with Gasteiger partial charge in [-0.15, -0.1) is 0 Å². The molecule has 1 amide bonds. The van der Waals surface area contributed by atoms with E-state index >= 15 is 0 Å². The van der Waals surface area contributed by atoms with Gasteiger partial charge in [-0.05, 0) is 25.7 Å². The molecule has 1 rings (SSSR count). The number of carbonyl (C=O) groups excluding carboxylic acids is 1. The third-order valence-corrected chi connectivity index (χ3v) is 2.94. The van der Waals surface area contributed by atoms with E-state index in [0.717, 1.165) is 19.5 Å². The predicted octanol–water partition coefficient (Wildman–Crippen LogP) is 0.308. The van der Waals surface area contributed by atoms with Gasteiger partial charge in [0.1, 0.15) is 6.04 Å². The van der Waals surface area contributed by atoms with Gasteiger partial charge in [-0.25, -0.2) is 0 Å². The van der Waals surface area contributed by atoms with Crippen LogP contribution in [0.3, 0.4) is 0 Å². The number of rotatable bonds is 4. The molecule has 92 valence electrons. The van der Waals surface area contributed by atoms with Gasteiger partial charge in [0.25, 0.3) is 0 Å². The highest BCUT2D eigenvalue weighted by atomic mass is 16.4. The average molecular weight is 228 g/mol. The second-order valence-corrected chi connectivity index (χ2v) is 4.53. The van der Waals surface area contributed by atoms with E-state index in [1.807, 2.05) is 4.90 Å². The van der Waals surface area contributed by atoms with Crippen LogP contribution in [-0.2, 0) is 9.59 Å². The number of likely N-dealkylation sites (tertiary alicyclic amines) is 1. The van der Waals surface area contributed by atoms with Crippen molar-refractivity contribution in [3.63, 3.8) is 0 Å². The Morgan fingerprint density at radius 3 is 2.81 bits per heavy atom. The van der Waals surface area contributed by atoms with Crippen LogP contribution in [0.2, 0.25) is 0 Å². The molecule has 0 aromatic carbocycles. The van der Waals surface area contributed by atoms with E-state index in [9.17, 15) is 9.59 Å². The van der Waals surface area contributed by atoms with E-state index in [4.69, 9.17) is 5.11 Å². The number of nitrogens with one attached hydrogen (secondary N) is 1. The fourth-order valence-electron chi connectivity index (χ4n) is 1.86. The molecular weight excluding hydrogens is 208 g/mol. The molecule has 1 saturated heterocycles. The Morgan fingerprint density at radius 1 is 1.56 bits per heavy atom. The number of carboxylic acid groups (broad SMARTS) is 1. The van der Waals surface area contributed by atoms with Gasteiger partial charge in [0.2, 0.25) is 5.91 Å². The van der Waals surface area contributed by atoms with Crippen molar-refractivity contribution >= 4 is 11.9 Å². The van der Waals surface area contributed by atoms with E-state index in [2.05, 4.69) is 12.2 Å². The smallest absolute Gasteiger partial charge is 0.320 e. The van der Waals surface area contributed by atoms with Crippen molar-refractivity contribution in [3.8, 4) is 0 Å². The second kappa shape index (κ2) is 5.84. The summed E-state index contributed by atoms with van der Waals surface area (Å²) in [6.45, 7) is 5.37. The summed E-state index contributed by atoms with van der Waals surface area (Å²) in [6, 6.07) is -0.675. The molecule has 0 spiro atoms. The Kier molecular flexibility index (Phi) is 4.73. The van der Waals surface area contributed by atoms with Gasteiger partial charge in [-0.1, -0.05) is 6.92 Å². The average Bonchev–Trinajstić information content (AvgIpc) is 2.25. The third-order valence-electron chi connectivity index (χ3n) is 2.94. The number of nitrogens with zero attached hydrogens (tertiary/aromatic N) is 1. The van der Waals surface area contributed by atoms with E-state index in [0.29, 0.717) is 5.92 Å². The van der Waals surface area contributed by atoms with Crippen LogP contribution >= 0.6 is 0 Å². The molecular formula is C11H20N2O3. The normalized spacial score (nSPS) is 22.9. The van der Waals surface area contributed by atoms with E-state index in [1.165, 1.54) is 13.3 Å². The monoisotopic (exact) mass is 228 g/mol. The number of hydrogen-bond donors (Lipinski definition) is 2. The first-order valence-electron chi connectivity index (χ1n) is 5.74. The van der Waals surface area contributed by atoms with E-state index in [1.54, 1.807) is 0 Å². The largest absolute Gasteiger partial charge is 0.480 e. The number of amides is 1. The van der Waals surface area contributed by atoms with Crippen LogP contribution in [-0.4, -0.2) is 47.6 Å². The topological polar surface area (TPSA) is 69.6 Å². The molecule has 16 heavy (non-hydrogen) atoms. The maximum Gasteiger partial charge on any atom is 0.320 e. The standard InChI is InChI=1S/C11H20N2O3/c1-8-4-3-5-13(7-8)10(14)6-12-9(2)11(15)16/h8-9,12H,3-7H2,1-2H3,(H,15,16)/t8?,9-/m1/s1. The fourth-order valence-corrected chi connectivity index (χ4v) is 1.86. The minimum absolute atomic E-state index is 0.000324. The van der Waals surface area contributed by atoms with Crippen LogP contribution in [0.4, 0.5) is 0 Å². The molecule has 0 radical (unpaired) electrons. The summed E-state index contributed by atoms with van der Waals surface area (Å²) in [5, 5.41) is 11.4. The molecule has 2 N–H and O–H groups in total. The van der Waals surface area contributed by atoms with Gasteiger partial charge >= 0.3 is 5.97 Å². The van der Waals surface area contributed by atoms with Gasteiger partial charge in [0.15, 0.2) is 0 Å². The van der Waals surface area contributed by atoms with Crippen molar-refractivity contribution in [3.05, 3.63) is 0 Å². The minimum atomic E-state index is -0.931. The predicted molar refractivity (Wildman–Crippen MR) is 60.1 cm³/mol. The lowest BCUT2D eigenvalue weighted by Gasteiger charge is -2.31.